The van der Waals surface area contributed by atoms with Crippen LogP contribution in [0.5, 0.6) is 5.75 Å². The Labute approximate surface area is 144 Å². The Balaban J connectivity index is 1.20. The summed E-state index contributed by atoms with van der Waals surface area (Å²) in [5.74, 6) is 3.35. The standard InChI is InChI=1S/C20H26N2O2/c23-20(15-24-19-4-2-1-3-5-19)22-10-8-21(9-11-22)14-18-13-16-6-7-17(18)12-16/h1-7,16-18H,8-15H2/t16-,17-,18+/m1/s1. The number of fused-ring (bicyclic) bond motifs is 2. The van der Waals surface area contributed by atoms with Crippen LogP contribution in [0.2, 0.25) is 0 Å². The van der Waals surface area contributed by atoms with Gasteiger partial charge >= 0.3 is 0 Å². The highest BCUT2D eigenvalue weighted by molar-refractivity contribution is 5.77. The van der Waals surface area contributed by atoms with E-state index in [0.717, 1.165) is 49.7 Å². The molecule has 24 heavy (non-hydrogen) atoms. The van der Waals surface area contributed by atoms with Gasteiger partial charge in [-0.05, 0) is 42.7 Å². The van der Waals surface area contributed by atoms with Crippen molar-refractivity contribution in [2.45, 2.75) is 12.8 Å². The molecule has 1 heterocycles. The van der Waals surface area contributed by atoms with Gasteiger partial charge in [-0.3, -0.25) is 9.69 Å². The van der Waals surface area contributed by atoms with Crippen LogP contribution in [-0.4, -0.2) is 55.0 Å². The number of carbonyl (C=O) groups is 1. The highest BCUT2D eigenvalue weighted by Crippen LogP contribution is 2.43. The molecular formula is C20H26N2O2. The predicted molar refractivity (Wildman–Crippen MR) is 93.8 cm³/mol. The number of ether oxygens (including phenoxy) is 1. The molecular weight excluding hydrogens is 300 g/mol. The Kier molecular flexibility index (Phi) is 4.56. The van der Waals surface area contributed by atoms with E-state index in [1.165, 1.54) is 19.4 Å². The molecule has 0 aromatic heterocycles. The molecule has 4 rings (SSSR count). The third kappa shape index (κ3) is 3.48. The molecule has 1 saturated heterocycles. The van der Waals surface area contributed by atoms with E-state index >= 15 is 0 Å². The summed E-state index contributed by atoms with van der Waals surface area (Å²) in [6.45, 7) is 4.99. The maximum atomic E-state index is 12.3. The molecule has 1 aliphatic heterocycles. The first-order valence-corrected chi connectivity index (χ1v) is 9.14. The second-order valence-electron chi connectivity index (χ2n) is 7.32. The van der Waals surface area contributed by atoms with Crippen LogP contribution in [0.3, 0.4) is 0 Å². The molecule has 1 aromatic rings. The van der Waals surface area contributed by atoms with Gasteiger partial charge < -0.3 is 9.64 Å². The average molecular weight is 326 g/mol. The van der Waals surface area contributed by atoms with Crippen LogP contribution in [0.4, 0.5) is 0 Å². The molecule has 3 atom stereocenters. The van der Waals surface area contributed by atoms with Gasteiger partial charge in [0.05, 0.1) is 0 Å². The molecule has 128 valence electrons. The van der Waals surface area contributed by atoms with Crippen LogP contribution in [0.1, 0.15) is 12.8 Å². The molecule has 4 nitrogen and oxygen atoms in total. The van der Waals surface area contributed by atoms with Crippen molar-refractivity contribution in [2.24, 2.45) is 17.8 Å². The number of nitrogens with zero attached hydrogens (tertiary/aromatic N) is 2. The summed E-state index contributed by atoms with van der Waals surface area (Å²) < 4.78 is 5.58. The Morgan fingerprint density at radius 3 is 2.50 bits per heavy atom. The first-order valence-electron chi connectivity index (χ1n) is 9.14. The number of hydrogen-bond acceptors (Lipinski definition) is 3. The van der Waals surface area contributed by atoms with Gasteiger partial charge in [-0.1, -0.05) is 30.4 Å². The second kappa shape index (κ2) is 6.98. The lowest BCUT2D eigenvalue weighted by atomic mass is 9.93. The Morgan fingerprint density at radius 2 is 1.83 bits per heavy atom. The average Bonchev–Trinajstić information content (AvgIpc) is 3.24. The largest absolute Gasteiger partial charge is 0.484 e. The molecule has 1 amide bonds. The van der Waals surface area contributed by atoms with Crippen LogP contribution < -0.4 is 4.74 Å². The lowest BCUT2D eigenvalue weighted by molar-refractivity contribution is -0.135. The van der Waals surface area contributed by atoms with E-state index < -0.39 is 0 Å². The first-order chi connectivity index (χ1) is 11.8. The van der Waals surface area contributed by atoms with Gasteiger partial charge in [-0.2, -0.15) is 0 Å². The normalized spacial score (nSPS) is 29.2. The molecule has 0 N–H and O–H groups in total. The highest BCUT2D eigenvalue weighted by atomic mass is 16.5. The zero-order chi connectivity index (χ0) is 16.4. The minimum atomic E-state index is 0.0985. The number of benzene rings is 1. The van der Waals surface area contributed by atoms with E-state index in [2.05, 4.69) is 17.1 Å². The molecule has 0 unspecified atom stereocenters. The quantitative estimate of drug-likeness (QED) is 0.779. The van der Waals surface area contributed by atoms with E-state index in [4.69, 9.17) is 4.74 Å². The smallest absolute Gasteiger partial charge is 0.260 e. The fraction of sp³-hybridized carbons (Fsp3) is 0.550. The van der Waals surface area contributed by atoms with Crippen molar-refractivity contribution >= 4 is 5.91 Å². The molecule has 2 fully saturated rings. The third-order valence-corrected chi connectivity index (χ3v) is 5.74. The number of para-hydroxylation sites is 1. The van der Waals surface area contributed by atoms with Crippen LogP contribution in [0.25, 0.3) is 0 Å². The van der Waals surface area contributed by atoms with Gasteiger partial charge in [0, 0.05) is 32.7 Å². The van der Waals surface area contributed by atoms with Crippen molar-refractivity contribution in [1.29, 1.82) is 0 Å². The minimum absolute atomic E-state index is 0.0985. The summed E-state index contributed by atoms with van der Waals surface area (Å²) >= 11 is 0. The Hall–Kier alpha value is -1.81. The SMILES string of the molecule is O=C(COc1ccccc1)N1CCN(C[C@@H]2C[C@@H]3C=C[C@@H]2C3)CC1. The summed E-state index contributed by atoms with van der Waals surface area (Å²) in [7, 11) is 0. The van der Waals surface area contributed by atoms with E-state index in [9.17, 15) is 4.79 Å². The second-order valence-corrected chi connectivity index (χ2v) is 7.32. The van der Waals surface area contributed by atoms with Gasteiger partial charge in [-0.15, -0.1) is 0 Å². The molecule has 4 heteroatoms. The van der Waals surface area contributed by atoms with Crippen molar-refractivity contribution in [1.82, 2.24) is 9.80 Å². The van der Waals surface area contributed by atoms with Crippen LogP contribution in [0, 0.1) is 17.8 Å². The first kappa shape index (κ1) is 15.7. The summed E-state index contributed by atoms with van der Waals surface area (Å²) in [6, 6.07) is 9.55. The van der Waals surface area contributed by atoms with Crippen LogP contribution >= 0.6 is 0 Å². The van der Waals surface area contributed by atoms with E-state index in [1.807, 2.05) is 35.2 Å². The lowest BCUT2D eigenvalue weighted by Gasteiger charge is -2.36. The topological polar surface area (TPSA) is 32.8 Å². The number of allylic oxidation sites excluding steroid dienone is 2. The van der Waals surface area contributed by atoms with Gasteiger partial charge in [0.1, 0.15) is 5.75 Å². The van der Waals surface area contributed by atoms with E-state index in [0.29, 0.717) is 0 Å². The van der Waals surface area contributed by atoms with Crippen molar-refractivity contribution in [3.8, 4) is 5.75 Å². The van der Waals surface area contributed by atoms with Crippen molar-refractivity contribution in [3.63, 3.8) is 0 Å². The van der Waals surface area contributed by atoms with Gasteiger partial charge in [-0.25, -0.2) is 0 Å². The summed E-state index contributed by atoms with van der Waals surface area (Å²) in [5.41, 5.74) is 0. The van der Waals surface area contributed by atoms with Crippen molar-refractivity contribution < 1.29 is 9.53 Å². The summed E-state index contributed by atoms with van der Waals surface area (Å²) in [5, 5.41) is 0. The maximum absolute atomic E-state index is 12.3. The van der Waals surface area contributed by atoms with Gasteiger partial charge in [0.15, 0.2) is 6.61 Å². The molecule has 1 aromatic carbocycles. The number of rotatable bonds is 5. The molecule has 2 bridgehead atoms. The van der Waals surface area contributed by atoms with Crippen molar-refractivity contribution in [2.75, 3.05) is 39.3 Å². The Morgan fingerprint density at radius 1 is 1.04 bits per heavy atom. The number of hydrogen-bond donors (Lipinski definition) is 0. The number of carbonyl (C=O) groups excluding carboxylic acids is 1. The summed E-state index contributed by atoms with van der Waals surface area (Å²) in [6.07, 6.45) is 7.58. The minimum Gasteiger partial charge on any atom is -0.484 e. The zero-order valence-electron chi connectivity index (χ0n) is 14.1. The van der Waals surface area contributed by atoms with Crippen LogP contribution in [0.15, 0.2) is 42.5 Å². The lowest BCUT2D eigenvalue weighted by Crippen LogP contribution is -2.51. The molecule has 3 aliphatic rings. The maximum Gasteiger partial charge on any atom is 0.260 e. The fourth-order valence-corrected chi connectivity index (χ4v) is 4.37. The molecule has 2 aliphatic carbocycles. The number of amides is 1. The molecule has 1 saturated carbocycles. The van der Waals surface area contributed by atoms with E-state index in [1.54, 1.807) is 0 Å². The molecule has 0 spiro atoms. The van der Waals surface area contributed by atoms with Crippen LogP contribution in [-0.2, 0) is 4.79 Å². The van der Waals surface area contributed by atoms with Crippen molar-refractivity contribution in [3.05, 3.63) is 42.5 Å². The third-order valence-electron chi connectivity index (χ3n) is 5.74. The summed E-state index contributed by atoms with van der Waals surface area (Å²) in [4.78, 5) is 16.8. The Bertz CT molecular complexity index is 593. The predicted octanol–water partition coefficient (Wildman–Crippen LogP) is 2.42. The fourth-order valence-electron chi connectivity index (χ4n) is 4.37. The molecule has 0 radical (unpaired) electrons. The van der Waals surface area contributed by atoms with Gasteiger partial charge in [0.2, 0.25) is 0 Å². The number of piperazine rings is 1. The van der Waals surface area contributed by atoms with Gasteiger partial charge in [0.25, 0.3) is 5.91 Å². The monoisotopic (exact) mass is 326 g/mol. The zero-order valence-corrected chi connectivity index (χ0v) is 14.1. The van der Waals surface area contributed by atoms with E-state index in [-0.39, 0.29) is 12.5 Å². The highest BCUT2D eigenvalue weighted by Gasteiger charge is 2.36.